The molecule has 2 nitrogen and oxygen atoms in total. The summed E-state index contributed by atoms with van der Waals surface area (Å²) in [5, 5.41) is 0. The van der Waals surface area contributed by atoms with Crippen molar-refractivity contribution in [1.82, 2.24) is 0 Å². The number of rotatable bonds is 4. The second-order valence-corrected chi connectivity index (χ2v) is 4.57. The first kappa shape index (κ1) is 13.3. The monoisotopic (exact) mass is 253 g/mol. The van der Waals surface area contributed by atoms with Crippen molar-refractivity contribution in [3.63, 3.8) is 0 Å². The average Bonchev–Trinajstić information content (AvgIpc) is 2.45. The van der Waals surface area contributed by atoms with Gasteiger partial charge in [-0.1, -0.05) is 30.3 Å². The predicted molar refractivity (Wildman–Crippen MR) is 80.1 cm³/mol. The van der Waals surface area contributed by atoms with Crippen molar-refractivity contribution in [3.8, 4) is 5.75 Å². The number of ether oxygens (including phenoxy) is 1. The van der Waals surface area contributed by atoms with Gasteiger partial charge in [0, 0.05) is 5.71 Å². The molecule has 0 radical (unpaired) electrons. The highest BCUT2D eigenvalue weighted by atomic mass is 16.5. The van der Waals surface area contributed by atoms with Gasteiger partial charge in [-0.15, -0.1) is 0 Å². The van der Waals surface area contributed by atoms with Crippen LogP contribution in [0, 0.1) is 6.92 Å². The van der Waals surface area contributed by atoms with E-state index in [1.54, 1.807) is 7.11 Å². The summed E-state index contributed by atoms with van der Waals surface area (Å²) in [4.78, 5) is 4.66. The highest BCUT2D eigenvalue weighted by Crippen LogP contribution is 2.18. The maximum Gasteiger partial charge on any atom is 0.119 e. The van der Waals surface area contributed by atoms with Crippen molar-refractivity contribution < 1.29 is 4.74 Å². The van der Waals surface area contributed by atoms with Gasteiger partial charge in [-0.05, 0) is 48.7 Å². The van der Waals surface area contributed by atoms with E-state index in [-0.39, 0.29) is 0 Å². The molecule has 0 aliphatic rings. The third kappa shape index (κ3) is 3.44. The van der Waals surface area contributed by atoms with E-state index in [2.05, 4.69) is 37.0 Å². The highest BCUT2D eigenvalue weighted by molar-refractivity contribution is 6.00. The van der Waals surface area contributed by atoms with Gasteiger partial charge in [-0.2, -0.15) is 0 Å². The first-order valence-electron chi connectivity index (χ1n) is 6.40. The number of hydrogen-bond donors (Lipinski definition) is 0. The number of aliphatic imine (C=N–C) groups is 1. The Labute approximate surface area is 114 Å². The molecule has 0 unspecified atom stereocenters. The lowest BCUT2D eigenvalue weighted by atomic mass is 10.0. The Morgan fingerprint density at radius 3 is 2.47 bits per heavy atom. The van der Waals surface area contributed by atoms with E-state index >= 15 is 0 Å². The Bertz CT molecular complexity index is 573. The third-order valence-electron chi connectivity index (χ3n) is 3.16. The molecule has 0 bridgehead atoms. The van der Waals surface area contributed by atoms with E-state index in [9.17, 15) is 0 Å². The summed E-state index contributed by atoms with van der Waals surface area (Å²) in [6.45, 7) is 4.86. The van der Waals surface area contributed by atoms with Crippen LogP contribution in [0.4, 0.5) is 0 Å². The molecule has 2 aromatic rings. The predicted octanol–water partition coefficient (Wildman–Crippen LogP) is 4.01. The van der Waals surface area contributed by atoms with Gasteiger partial charge in [0.1, 0.15) is 5.75 Å². The minimum atomic E-state index is 0.720. The number of methoxy groups -OCH3 is 1. The van der Waals surface area contributed by atoms with Crippen molar-refractivity contribution >= 4 is 5.71 Å². The summed E-state index contributed by atoms with van der Waals surface area (Å²) in [6, 6.07) is 16.4. The smallest absolute Gasteiger partial charge is 0.119 e. The Hall–Kier alpha value is -2.09. The van der Waals surface area contributed by atoms with Gasteiger partial charge in [0.2, 0.25) is 0 Å². The van der Waals surface area contributed by atoms with Gasteiger partial charge in [0.05, 0.1) is 13.7 Å². The van der Waals surface area contributed by atoms with E-state index in [0.717, 1.165) is 18.0 Å². The molecule has 98 valence electrons. The van der Waals surface area contributed by atoms with Crippen LogP contribution in [-0.4, -0.2) is 12.8 Å². The lowest BCUT2D eigenvalue weighted by molar-refractivity contribution is 0.414. The molecule has 0 aromatic heterocycles. The quantitative estimate of drug-likeness (QED) is 0.754. The van der Waals surface area contributed by atoms with Gasteiger partial charge in [-0.25, -0.2) is 0 Å². The minimum absolute atomic E-state index is 0.720. The summed E-state index contributed by atoms with van der Waals surface area (Å²) in [5.74, 6) is 0.886. The first-order chi connectivity index (χ1) is 9.20. The van der Waals surface area contributed by atoms with E-state index < -0.39 is 0 Å². The third-order valence-corrected chi connectivity index (χ3v) is 3.16. The van der Waals surface area contributed by atoms with Crippen LogP contribution < -0.4 is 4.74 Å². The molecule has 2 aromatic carbocycles. The van der Waals surface area contributed by atoms with E-state index in [1.807, 2.05) is 30.3 Å². The molecule has 0 atom stereocenters. The van der Waals surface area contributed by atoms with Crippen LogP contribution in [0.25, 0.3) is 0 Å². The van der Waals surface area contributed by atoms with Gasteiger partial charge in [0.15, 0.2) is 0 Å². The zero-order chi connectivity index (χ0) is 13.7. The normalized spacial score (nSPS) is 11.4. The molecular formula is C17H19NO. The maximum atomic E-state index is 5.22. The lowest BCUT2D eigenvalue weighted by Gasteiger charge is -2.08. The molecule has 2 heteroatoms. The van der Waals surface area contributed by atoms with Crippen molar-refractivity contribution in [2.75, 3.05) is 7.11 Å². The fraction of sp³-hybridized carbons (Fsp3) is 0.235. The zero-order valence-corrected chi connectivity index (χ0v) is 11.7. The van der Waals surface area contributed by atoms with E-state index in [0.29, 0.717) is 0 Å². The fourth-order valence-corrected chi connectivity index (χ4v) is 2.05. The summed E-state index contributed by atoms with van der Waals surface area (Å²) in [6.07, 6.45) is 0. The molecule has 0 aliphatic heterocycles. The summed E-state index contributed by atoms with van der Waals surface area (Å²) < 4.78 is 5.22. The standard InChI is InChI=1S/C17H19NO/c1-13-11-16(19-3)9-10-17(13)14(2)18-12-15-7-5-4-6-8-15/h4-11H,12H2,1-3H3/b18-14+. The van der Waals surface area contributed by atoms with Crippen molar-refractivity contribution in [2.45, 2.75) is 20.4 Å². The second kappa shape index (κ2) is 6.19. The van der Waals surface area contributed by atoms with Crippen LogP contribution in [-0.2, 0) is 6.54 Å². The molecule has 0 saturated heterocycles. The van der Waals surface area contributed by atoms with Gasteiger partial charge in [0.25, 0.3) is 0 Å². The van der Waals surface area contributed by atoms with Crippen molar-refractivity contribution in [3.05, 3.63) is 65.2 Å². The Morgan fingerprint density at radius 1 is 1.11 bits per heavy atom. The molecule has 2 rings (SSSR count). The molecule has 0 saturated carbocycles. The Kier molecular flexibility index (Phi) is 4.35. The van der Waals surface area contributed by atoms with Crippen LogP contribution >= 0.6 is 0 Å². The topological polar surface area (TPSA) is 21.6 Å². The fourth-order valence-electron chi connectivity index (χ4n) is 2.05. The minimum Gasteiger partial charge on any atom is -0.497 e. The average molecular weight is 253 g/mol. The number of aryl methyl sites for hydroxylation is 1. The molecule has 0 spiro atoms. The maximum absolute atomic E-state index is 5.22. The number of benzene rings is 2. The highest BCUT2D eigenvalue weighted by Gasteiger charge is 2.03. The SMILES string of the molecule is COc1ccc(/C(C)=N/Cc2ccccc2)c(C)c1. The number of nitrogens with zero attached hydrogens (tertiary/aromatic N) is 1. The van der Waals surface area contributed by atoms with Gasteiger partial charge < -0.3 is 4.74 Å². The van der Waals surface area contributed by atoms with Crippen molar-refractivity contribution in [2.24, 2.45) is 4.99 Å². The molecule has 0 N–H and O–H groups in total. The zero-order valence-electron chi connectivity index (χ0n) is 11.7. The van der Waals surface area contributed by atoms with Gasteiger partial charge >= 0.3 is 0 Å². The summed E-state index contributed by atoms with van der Waals surface area (Å²) >= 11 is 0. The van der Waals surface area contributed by atoms with Crippen LogP contribution in [0.15, 0.2) is 53.5 Å². The largest absolute Gasteiger partial charge is 0.497 e. The molecule has 0 amide bonds. The van der Waals surface area contributed by atoms with E-state index in [1.165, 1.54) is 16.7 Å². The van der Waals surface area contributed by atoms with Crippen LogP contribution in [0.5, 0.6) is 5.75 Å². The van der Waals surface area contributed by atoms with E-state index in [4.69, 9.17) is 4.74 Å². The van der Waals surface area contributed by atoms with Gasteiger partial charge in [-0.3, -0.25) is 4.99 Å². The summed E-state index contributed by atoms with van der Waals surface area (Å²) in [7, 11) is 1.69. The second-order valence-electron chi connectivity index (χ2n) is 4.57. The molecule has 19 heavy (non-hydrogen) atoms. The Morgan fingerprint density at radius 2 is 1.84 bits per heavy atom. The summed E-state index contributed by atoms with van der Waals surface area (Å²) in [5.41, 5.74) is 4.66. The van der Waals surface area contributed by atoms with Crippen molar-refractivity contribution in [1.29, 1.82) is 0 Å². The molecule has 0 heterocycles. The number of hydrogen-bond acceptors (Lipinski definition) is 2. The molecule has 0 aliphatic carbocycles. The first-order valence-corrected chi connectivity index (χ1v) is 6.40. The van der Waals surface area contributed by atoms with Crippen LogP contribution in [0.2, 0.25) is 0 Å². The van der Waals surface area contributed by atoms with Crippen LogP contribution in [0.1, 0.15) is 23.6 Å². The Balaban J connectivity index is 2.17. The molecule has 0 fully saturated rings. The lowest BCUT2D eigenvalue weighted by Crippen LogP contribution is -1.99. The molecular weight excluding hydrogens is 234 g/mol. The van der Waals surface area contributed by atoms with Crippen LogP contribution in [0.3, 0.4) is 0 Å².